The summed E-state index contributed by atoms with van der Waals surface area (Å²) in [5.74, 6) is 5.45. The second kappa shape index (κ2) is 6.38. The minimum absolute atomic E-state index is 0.337. The highest BCUT2D eigenvalue weighted by Gasteiger charge is 2.03. The number of benzene rings is 1. The largest absolute Gasteiger partial charge is 0.271 e. The van der Waals surface area contributed by atoms with Gasteiger partial charge in [0.25, 0.3) is 0 Å². The van der Waals surface area contributed by atoms with Crippen molar-refractivity contribution >= 4 is 0 Å². The Morgan fingerprint density at radius 1 is 1.40 bits per heavy atom. The third-order valence-electron chi connectivity index (χ3n) is 2.59. The van der Waals surface area contributed by atoms with Crippen LogP contribution in [0, 0.1) is 6.92 Å². The molecule has 2 heteroatoms. The summed E-state index contributed by atoms with van der Waals surface area (Å²) in [7, 11) is 0. The molecule has 0 heterocycles. The van der Waals surface area contributed by atoms with Crippen molar-refractivity contribution in [3.63, 3.8) is 0 Å². The molecule has 0 amide bonds. The molecule has 1 atom stereocenters. The van der Waals surface area contributed by atoms with E-state index in [1.54, 1.807) is 0 Å². The van der Waals surface area contributed by atoms with Crippen molar-refractivity contribution in [2.75, 3.05) is 0 Å². The molecule has 1 aromatic carbocycles. The van der Waals surface area contributed by atoms with Gasteiger partial charge in [0.15, 0.2) is 0 Å². The van der Waals surface area contributed by atoms with Crippen LogP contribution in [0.15, 0.2) is 36.9 Å². The molecule has 0 aliphatic heterocycles. The molecule has 0 saturated heterocycles. The highest BCUT2D eigenvalue weighted by Crippen LogP contribution is 2.08. The second-order valence-electron chi connectivity index (χ2n) is 3.91. The highest BCUT2D eigenvalue weighted by atomic mass is 15.2. The van der Waals surface area contributed by atoms with Crippen LogP contribution < -0.4 is 11.3 Å². The summed E-state index contributed by atoms with van der Waals surface area (Å²) in [4.78, 5) is 0. The number of nitrogens with two attached hydrogens (primary N) is 1. The van der Waals surface area contributed by atoms with Crippen LogP contribution >= 0.6 is 0 Å². The van der Waals surface area contributed by atoms with Crippen LogP contribution in [-0.2, 0) is 6.42 Å². The molecule has 82 valence electrons. The Morgan fingerprint density at radius 2 is 2.07 bits per heavy atom. The Balaban J connectivity index is 2.41. The maximum Gasteiger partial charge on any atom is 0.0248 e. The van der Waals surface area contributed by atoms with Gasteiger partial charge < -0.3 is 0 Å². The summed E-state index contributed by atoms with van der Waals surface area (Å²) in [6.07, 6.45) is 4.93. The van der Waals surface area contributed by atoms with Crippen LogP contribution in [0.2, 0.25) is 0 Å². The Hall–Kier alpha value is -1.12. The normalized spacial score (nSPS) is 12.4. The Bertz CT molecular complexity index is 290. The predicted octanol–water partition coefficient (Wildman–Crippen LogP) is 2.34. The molecule has 0 aromatic heterocycles. The van der Waals surface area contributed by atoms with E-state index >= 15 is 0 Å². The number of aryl methyl sites for hydroxylation is 2. The average molecular weight is 204 g/mol. The van der Waals surface area contributed by atoms with Gasteiger partial charge in [0, 0.05) is 6.04 Å². The van der Waals surface area contributed by atoms with Crippen LogP contribution in [-0.4, -0.2) is 6.04 Å². The molecule has 3 N–H and O–H groups in total. The topological polar surface area (TPSA) is 38.0 Å². The average Bonchev–Trinajstić information content (AvgIpc) is 2.26. The van der Waals surface area contributed by atoms with Crippen molar-refractivity contribution in [3.05, 3.63) is 48.0 Å². The highest BCUT2D eigenvalue weighted by molar-refractivity contribution is 5.21. The van der Waals surface area contributed by atoms with E-state index in [0.717, 1.165) is 19.3 Å². The molecule has 0 aliphatic carbocycles. The third kappa shape index (κ3) is 4.28. The molecule has 0 bridgehead atoms. The molecule has 0 aliphatic rings. The quantitative estimate of drug-likeness (QED) is 0.424. The molecule has 0 radical (unpaired) electrons. The number of nitrogens with one attached hydrogen (secondary N) is 1. The lowest BCUT2D eigenvalue weighted by molar-refractivity contribution is 0.499. The van der Waals surface area contributed by atoms with E-state index < -0.39 is 0 Å². The van der Waals surface area contributed by atoms with E-state index in [-0.39, 0.29) is 0 Å². The monoisotopic (exact) mass is 204 g/mol. The van der Waals surface area contributed by atoms with Gasteiger partial charge in [-0.2, -0.15) is 0 Å². The first-order valence-electron chi connectivity index (χ1n) is 5.39. The fourth-order valence-electron chi connectivity index (χ4n) is 1.57. The van der Waals surface area contributed by atoms with Crippen LogP contribution in [0.1, 0.15) is 24.0 Å². The van der Waals surface area contributed by atoms with Gasteiger partial charge in [-0.25, -0.2) is 0 Å². The van der Waals surface area contributed by atoms with E-state index in [0.29, 0.717) is 6.04 Å². The number of hydrogen-bond acceptors (Lipinski definition) is 2. The van der Waals surface area contributed by atoms with E-state index in [4.69, 9.17) is 5.84 Å². The zero-order valence-corrected chi connectivity index (χ0v) is 9.37. The minimum atomic E-state index is 0.337. The van der Waals surface area contributed by atoms with Crippen LogP contribution in [0.4, 0.5) is 0 Å². The molecular weight excluding hydrogens is 184 g/mol. The van der Waals surface area contributed by atoms with Crippen molar-refractivity contribution in [2.45, 2.75) is 32.2 Å². The van der Waals surface area contributed by atoms with Crippen molar-refractivity contribution in [2.24, 2.45) is 5.84 Å². The minimum Gasteiger partial charge on any atom is -0.271 e. The molecule has 1 aromatic rings. The summed E-state index contributed by atoms with van der Waals surface area (Å²) in [5, 5.41) is 0. The summed E-state index contributed by atoms with van der Waals surface area (Å²) in [5.41, 5.74) is 5.48. The third-order valence-corrected chi connectivity index (χ3v) is 2.59. The van der Waals surface area contributed by atoms with Crippen molar-refractivity contribution in [3.8, 4) is 0 Å². The lowest BCUT2D eigenvalue weighted by Gasteiger charge is -2.13. The van der Waals surface area contributed by atoms with Crippen molar-refractivity contribution in [1.82, 2.24) is 5.43 Å². The van der Waals surface area contributed by atoms with Crippen LogP contribution in [0.5, 0.6) is 0 Å². The van der Waals surface area contributed by atoms with Crippen molar-refractivity contribution < 1.29 is 0 Å². The Kier molecular flexibility index (Phi) is 5.08. The summed E-state index contributed by atoms with van der Waals surface area (Å²) in [6.45, 7) is 5.82. The van der Waals surface area contributed by atoms with Gasteiger partial charge in [0.2, 0.25) is 0 Å². The fraction of sp³-hybridized carbons (Fsp3) is 0.385. The first kappa shape index (κ1) is 12.0. The molecule has 0 fully saturated rings. The van der Waals surface area contributed by atoms with Crippen LogP contribution in [0.3, 0.4) is 0 Å². The fourth-order valence-corrected chi connectivity index (χ4v) is 1.57. The van der Waals surface area contributed by atoms with Gasteiger partial charge in [-0.05, 0) is 31.7 Å². The second-order valence-corrected chi connectivity index (χ2v) is 3.91. The molecule has 1 unspecified atom stereocenters. The van der Waals surface area contributed by atoms with Gasteiger partial charge in [-0.1, -0.05) is 35.9 Å². The smallest absolute Gasteiger partial charge is 0.0248 e. The van der Waals surface area contributed by atoms with E-state index in [1.807, 2.05) is 6.08 Å². The molecule has 0 spiro atoms. The van der Waals surface area contributed by atoms with Gasteiger partial charge in [-0.3, -0.25) is 11.3 Å². The Labute approximate surface area is 92.2 Å². The van der Waals surface area contributed by atoms with E-state index in [9.17, 15) is 0 Å². The standard InChI is InChI=1S/C13H20N2/c1-3-4-13(15-14)10-9-12-7-5-11(2)6-8-12/h3,5-8,13,15H,1,4,9-10,14H2,2H3. The number of rotatable bonds is 6. The maximum atomic E-state index is 5.45. The van der Waals surface area contributed by atoms with Crippen molar-refractivity contribution in [1.29, 1.82) is 0 Å². The van der Waals surface area contributed by atoms with Gasteiger partial charge in [0.05, 0.1) is 0 Å². The molecular formula is C13H20N2. The predicted molar refractivity (Wildman–Crippen MR) is 65.4 cm³/mol. The van der Waals surface area contributed by atoms with E-state index in [1.165, 1.54) is 11.1 Å². The molecule has 1 rings (SSSR count). The summed E-state index contributed by atoms with van der Waals surface area (Å²) >= 11 is 0. The Morgan fingerprint density at radius 3 is 2.60 bits per heavy atom. The molecule has 15 heavy (non-hydrogen) atoms. The first-order chi connectivity index (χ1) is 7.26. The molecule has 0 saturated carbocycles. The number of hydrazine groups is 1. The maximum absolute atomic E-state index is 5.45. The van der Waals surface area contributed by atoms with Gasteiger partial charge >= 0.3 is 0 Å². The zero-order valence-electron chi connectivity index (χ0n) is 9.37. The first-order valence-corrected chi connectivity index (χ1v) is 5.39. The summed E-state index contributed by atoms with van der Waals surface area (Å²) in [6, 6.07) is 8.98. The summed E-state index contributed by atoms with van der Waals surface area (Å²) < 4.78 is 0. The zero-order chi connectivity index (χ0) is 11.1. The van der Waals surface area contributed by atoms with Gasteiger partial charge in [-0.15, -0.1) is 6.58 Å². The molecule has 2 nitrogen and oxygen atoms in total. The van der Waals surface area contributed by atoms with Gasteiger partial charge in [0.1, 0.15) is 0 Å². The number of hydrogen-bond donors (Lipinski definition) is 2. The lowest BCUT2D eigenvalue weighted by atomic mass is 10.0. The SMILES string of the molecule is C=CCC(CCc1ccc(C)cc1)NN. The van der Waals surface area contributed by atoms with Crippen LogP contribution in [0.25, 0.3) is 0 Å². The van der Waals surface area contributed by atoms with E-state index in [2.05, 4.69) is 43.2 Å². The lowest BCUT2D eigenvalue weighted by Crippen LogP contribution is -2.34.